The van der Waals surface area contributed by atoms with E-state index in [2.05, 4.69) is 15.5 Å². The van der Waals surface area contributed by atoms with Crippen LogP contribution in [0.25, 0.3) is 0 Å². The van der Waals surface area contributed by atoms with Crippen molar-refractivity contribution in [2.24, 2.45) is 19.2 Å². The number of hydrazone groups is 1. The summed E-state index contributed by atoms with van der Waals surface area (Å²) in [7, 11) is 2.95. The van der Waals surface area contributed by atoms with Crippen molar-refractivity contribution >= 4 is 12.1 Å². The lowest BCUT2D eigenvalue weighted by Crippen LogP contribution is -2.40. The molecule has 0 unspecified atom stereocenters. The molecule has 8 heteroatoms. The van der Waals surface area contributed by atoms with Gasteiger partial charge in [-0.15, -0.1) is 0 Å². The van der Waals surface area contributed by atoms with Crippen molar-refractivity contribution in [1.29, 1.82) is 0 Å². The highest BCUT2D eigenvalue weighted by Gasteiger charge is 2.10. The molecule has 0 spiro atoms. The molecule has 8 nitrogen and oxygen atoms in total. The van der Waals surface area contributed by atoms with Crippen molar-refractivity contribution in [3.05, 3.63) is 62.2 Å². The van der Waals surface area contributed by atoms with Gasteiger partial charge in [0.25, 0.3) is 11.5 Å². The topological polar surface area (TPSA) is 98.3 Å². The zero-order valence-corrected chi connectivity index (χ0v) is 12.4. The lowest BCUT2D eigenvalue weighted by Gasteiger charge is -2.08. The van der Waals surface area contributed by atoms with E-state index >= 15 is 0 Å². The lowest BCUT2D eigenvalue weighted by atomic mass is 10.2. The highest BCUT2D eigenvalue weighted by Crippen LogP contribution is 1.97. The average molecular weight is 301 g/mol. The fraction of sp³-hybridized carbons (Fsp3) is 0.214. The molecule has 0 saturated carbocycles. The summed E-state index contributed by atoms with van der Waals surface area (Å²) in [6.45, 7) is 1.63. The van der Waals surface area contributed by atoms with Gasteiger partial charge in [0.2, 0.25) is 0 Å². The first kappa shape index (κ1) is 15.4. The molecule has 2 aromatic rings. The SMILES string of the molecule is Cc1c(/C=N/NC(=O)c2ccncc2)c(=O)n(C)c(=O)n1C. The standard InChI is InChI=1S/C14H15N5O3/c1-9-11(13(21)19(3)14(22)18(9)2)8-16-17-12(20)10-4-6-15-7-5-10/h4-8H,1-3H3,(H,17,20)/b16-8+. The molecule has 2 aromatic heterocycles. The Hall–Kier alpha value is -3.03. The minimum atomic E-state index is -0.470. The number of pyridine rings is 1. The van der Waals surface area contributed by atoms with Crippen LogP contribution >= 0.6 is 0 Å². The van der Waals surface area contributed by atoms with Gasteiger partial charge < -0.3 is 4.57 Å². The molecule has 0 aliphatic heterocycles. The Balaban J connectivity index is 2.27. The molecule has 1 N–H and O–H groups in total. The summed E-state index contributed by atoms with van der Waals surface area (Å²) < 4.78 is 2.33. The molecule has 0 atom stereocenters. The number of carbonyl (C=O) groups is 1. The Morgan fingerprint density at radius 3 is 2.50 bits per heavy atom. The Bertz CT molecular complexity index is 849. The van der Waals surface area contributed by atoms with Crippen LogP contribution in [0.1, 0.15) is 21.6 Å². The smallest absolute Gasteiger partial charge is 0.300 e. The molecular formula is C14H15N5O3. The number of rotatable bonds is 3. The number of aromatic nitrogens is 3. The van der Waals surface area contributed by atoms with Gasteiger partial charge in [-0.2, -0.15) is 5.10 Å². The van der Waals surface area contributed by atoms with Gasteiger partial charge in [0.1, 0.15) is 0 Å². The summed E-state index contributed by atoms with van der Waals surface area (Å²) in [5.41, 5.74) is 2.54. The zero-order valence-electron chi connectivity index (χ0n) is 12.4. The van der Waals surface area contributed by atoms with E-state index in [0.717, 1.165) is 4.57 Å². The number of amides is 1. The molecule has 22 heavy (non-hydrogen) atoms. The van der Waals surface area contributed by atoms with Gasteiger partial charge in [0, 0.05) is 37.7 Å². The fourth-order valence-corrected chi connectivity index (χ4v) is 1.84. The fourth-order valence-electron chi connectivity index (χ4n) is 1.84. The monoisotopic (exact) mass is 301 g/mol. The summed E-state index contributed by atoms with van der Waals surface area (Å²) in [6, 6.07) is 3.09. The predicted molar refractivity (Wildman–Crippen MR) is 81.0 cm³/mol. The van der Waals surface area contributed by atoms with Gasteiger partial charge in [-0.3, -0.25) is 19.1 Å². The van der Waals surface area contributed by atoms with E-state index in [9.17, 15) is 14.4 Å². The van der Waals surface area contributed by atoms with Crippen molar-refractivity contribution in [2.45, 2.75) is 6.92 Å². The number of carbonyl (C=O) groups excluding carboxylic acids is 1. The largest absolute Gasteiger partial charge is 0.330 e. The molecular weight excluding hydrogens is 286 g/mol. The number of hydrogen-bond donors (Lipinski definition) is 1. The molecule has 0 radical (unpaired) electrons. The maximum Gasteiger partial charge on any atom is 0.330 e. The lowest BCUT2D eigenvalue weighted by molar-refractivity contribution is 0.0955. The Morgan fingerprint density at radius 2 is 1.86 bits per heavy atom. The van der Waals surface area contributed by atoms with E-state index in [0.29, 0.717) is 11.3 Å². The van der Waals surface area contributed by atoms with Crippen LogP contribution in [-0.4, -0.2) is 26.2 Å². The minimum Gasteiger partial charge on any atom is -0.300 e. The first-order valence-electron chi connectivity index (χ1n) is 6.43. The number of nitrogens with zero attached hydrogens (tertiary/aromatic N) is 4. The second-order valence-corrected chi connectivity index (χ2v) is 4.64. The second kappa shape index (κ2) is 6.17. The summed E-state index contributed by atoms with van der Waals surface area (Å²) in [4.78, 5) is 39.4. The molecule has 2 rings (SSSR count). The molecule has 0 bridgehead atoms. The van der Waals surface area contributed by atoms with Crippen molar-refractivity contribution < 1.29 is 4.79 Å². The third kappa shape index (κ3) is 2.85. The van der Waals surface area contributed by atoms with Crippen LogP contribution in [0.15, 0.2) is 39.2 Å². The van der Waals surface area contributed by atoms with Crippen LogP contribution in [0.5, 0.6) is 0 Å². The quantitative estimate of drug-likeness (QED) is 0.613. The van der Waals surface area contributed by atoms with Gasteiger partial charge >= 0.3 is 5.69 Å². The van der Waals surface area contributed by atoms with E-state index in [1.807, 2.05) is 0 Å². The van der Waals surface area contributed by atoms with E-state index in [1.54, 1.807) is 26.1 Å². The third-order valence-corrected chi connectivity index (χ3v) is 3.30. The molecule has 0 saturated heterocycles. The molecule has 1 amide bonds. The molecule has 0 aromatic carbocycles. The Kier molecular flexibility index (Phi) is 4.31. The predicted octanol–water partition coefficient (Wildman–Crippen LogP) is -0.449. The van der Waals surface area contributed by atoms with Crippen molar-refractivity contribution in [3.63, 3.8) is 0 Å². The van der Waals surface area contributed by atoms with Crippen LogP contribution in [0, 0.1) is 6.92 Å². The van der Waals surface area contributed by atoms with Crippen molar-refractivity contribution in [1.82, 2.24) is 19.5 Å². The molecule has 0 aliphatic rings. The minimum absolute atomic E-state index is 0.236. The third-order valence-electron chi connectivity index (χ3n) is 3.30. The van der Waals surface area contributed by atoms with Gasteiger partial charge in [0.05, 0.1) is 11.8 Å². The average Bonchev–Trinajstić information content (AvgIpc) is 2.55. The van der Waals surface area contributed by atoms with Crippen LogP contribution in [0.3, 0.4) is 0 Å². The van der Waals surface area contributed by atoms with Gasteiger partial charge in [0.15, 0.2) is 0 Å². The van der Waals surface area contributed by atoms with E-state index in [4.69, 9.17) is 0 Å². The molecule has 114 valence electrons. The van der Waals surface area contributed by atoms with E-state index < -0.39 is 17.2 Å². The number of hydrogen-bond acceptors (Lipinski definition) is 5. The van der Waals surface area contributed by atoms with Gasteiger partial charge in [-0.05, 0) is 19.1 Å². The first-order chi connectivity index (χ1) is 10.4. The summed E-state index contributed by atoms with van der Waals surface area (Å²) in [5, 5.41) is 3.78. The van der Waals surface area contributed by atoms with Crippen molar-refractivity contribution in [3.8, 4) is 0 Å². The van der Waals surface area contributed by atoms with E-state index in [-0.39, 0.29) is 5.56 Å². The maximum absolute atomic E-state index is 12.0. The maximum atomic E-state index is 12.0. The summed E-state index contributed by atoms with van der Waals surface area (Å²) in [6.07, 6.45) is 4.22. The summed E-state index contributed by atoms with van der Waals surface area (Å²) in [5.74, 6) is -0.419. The Morgan fingerprint density at radius 1 is 1.23 bits per heavy atom. The van der Waals surface area contributed by atoms with Crippen LogP contribution in [0.4, 0.5) is 0 Å². The Labute approximate surface area is 125 Å². The highest BCUT2D eigenvalue weighted by atomic mass is 16.2. The first-order valence-corrected chi connectivity index (χ1v) is 6.43. The van der Waals surface area contributed by atoms with E-state index in [1.165, 1.54) is 30.2 Å². The summed E-state index contributed by atoms with van der Waals surface area (Å²) >= 11 is 0. The van der Waals surface area contributed by atoms with Crippen LogP contribution in [0.2, 0.25) is 0 Å². The molecule has 0 fully saturated rings. The molecule has 2 heterocycles. The van der Waals surface area contributed by atoms with Crippen LogP contribution in [-0.2, 0) is 14.1 Å². The highest BCUT2D eigenvalue weighted by molar-refractivity contribution is 5.94. The normalized spacial score (nSPS) is 10.9. The van der Waals surface area contributed by atoms with Gasteiger partial charge in [-0.1, -0.05) is 0 Å². The van der Waals surface area contributed by atoms with Crippen molar-refractivity contribution in [2.75, 3.05) is 0 Å². The van der Waals surface area contributed by atoms with Gasteiger partial charge in [-0.25, -0.2) is 10.2 Å². The zero-order chi connectivity index (χ0) is 16.3. The number of nitrogens with one attached hydrogen (secondary N) is 1. The second-order valence-electron chi connectivity index (χ2n) is 4.64. The van der Waals surface area contributed by atoms with Crippen LogP contribution < -0.4 is 16.7 Å². The molecule has 0 aliphatic carbocycles.